The average molecular weight is 400 g/mol. The minimum Gasteiger partial charge on any atom is -0.490 e. The Bertz CT molecular complexity index is 748. The Hall–Kier alpha value is -2.05. The second-order valence-corrected chi connectivity index (χ2v) is 8.14. The Morgan fingerprint density at radius 3 is 2.86 bits per heavy atom. The molecule has 0 aliphatic carbocycles. The smallest absolute Gasteiger partial charge is 0.251 e. The fourth-order valence-electron chi connectivity index (χ4n) is 3.47. The molecule has 3 rings (SSSR count). The summed E-state index contributed by atoms with van der Waals surface area (Å²) in [5, 5.41) is 2.93. The molecule has 0 bridgehead atoms. The lowest BCUT2D eigenvalue weighted by atomic mass is 10.1. The monoisotopic (exact) mass is 399 g/mol. The number of likely N-dealkylation sites (tertiary alicyclic amines) is 1. The van der Waals surface area contributed by atoms with E-state index in [9.17, 15) is 4.79 Å². The molecule has 28 heavy (non-hydrogen) atoms. The van der Waals surface area contributed by atoms with E-state index in [0.29, 0.717) is 18.2 Å². The first-order chi connectivity index (χ1) is 13.7. The maximum Gasteiger partial charge on any atom is 0.251 e. The van der Waals surface area contributed by atoms with Crippen molar-refractivity contribution in [3.8, 4) is 5.75 Å². The highest BCUT2D eigenvalue weighted by molar-refractivity contribution is 7.98. The number of benzene rings is 1. The van der Waals surface area contributed by atoms with E-state index in [4.69, 9.17) is 4.74 Å². The fourth-order valence-corrected chi connectivity index (χ4v) is 4.16. The molecule has 1 atom stereocenters. The maximum atomic E-state index is 12.4. The number of thioether (sulfide) groups is 1. The van der Waals surface area contributed by atoms with Crippen LogP contribution in [0.5, 0.6) is 5.75 Å². The van der Waals surface area contributed by atoms with Gasteiger partial charge in [0.25, 0.3) is 5.91 Å². The van der Waals surface area contributed by atoms with Gasteiger partial charge in [-0.3, -0.25) is 14.7 Å². The first-order valence-corrected chi connectivity index (χ1v) is 11.2. The number of carbonyl (C=O) groups is 1. The van der Waals surface area contributed by atoms with Crippen LogP contribution in [0.25, 0.3) is 0 Å². The molecule has 5 nitrogen and oxygen atoms in total. The third-order valence-corrected chi connectivity index (χ3v) is 5.90. The van der Waals surface area contributed by atoms with Crippen LogP contribution in [0.3, 0.4) is 0 Å². The molecular weight excluding hydrogens is 370 g/mol. The van der Waals surface area contributed by atoms with Crippen molar-refractivity contribution in [3.63, 3.8) is 0 Å². The molecule has 0 saturated carbocycles. The van der Waals surface area contributed by atoms with Gasteiger partial charge in [0.15, 0.2) is 0 Å². The maximum absolute atomic E-state index is 12.4. The molecule has 0 radical (unpaired) electrons. The van der Waals surface area contributed by atoms with Gasteiger partial charge in [-0.05, 0) is 55.9 Å². The Morgan fingerprint density at radius 1 is 1.32 bits per heavy atom. The van der Waals surface area contributed by atoms with Gasteiger partial charge in [0.1, 0.15) is 11.9 Å². The van der Waals surface area contributed by atoms with Gasteiger partial charge in [0, 0.05) is 49.4 Å². The summed E-state index contributed by atoms with van der Waals surface area (Å²) in [6, 6.07) is 11.9. The second-order valence-electron chi connectivity index (χ2n) is 7.23. The Balaban J connectivity index is 1.50. The summed E-state index contributed by atoms with van der Waals surface area (Å²) in [7, 11) is 0. The van der Waals surface area contributed by atoms with E-state index in [2.05, 4.69) is 28.4 Å². The molecule has 1 N–H and O–H groups in total. The quantitative estimate of drug-likeness (QED) is 0.735. The van der Waals surface area contributed by atoms with Crippen molar-refractivity contribution in [2.45, 2.75) is 38.5 Å². The van der Waals surface area contributed by atoms with Gasteiger partial charge in [-0.2, -0.15) is 11.8 Å². The molecule has 2 aromatic rings. The molecule has 6 heteroatoms. The van der Waals surface area contributed by atoms with Gasteiger partial charge in [0.05, 0.1) is 0 Å². The molecule has 1 amide bonds. The van der Waals surface area contributed by atoms with Crippen LogP contribution in [-0.4, -0.2) is 53.0 Å². The van der Waals surface area contributed by atoms with Crippen molar-refractivity contribution in [1.82, 2.24) is 15.2 Å². The van der Waals surface area contributed by atoms with Gasteiger partial charge in [0.2, 0.25) is 0 Å². The van der Waals surface area contributed by atoms with Crippen LogP contribution in [0.15, 0.2) is 48.8 Å². The standard InChI is InChI=1S/C22H29N3O2S/c1-17(16-28-2)25-11-8-20(9-12-25)27-21-7-3-6-19(13-21)22(26)24-15-18-5-4-10-23-14-18/h3-7,10,13-14,17,20H,8-9,11-12,15-16H2,1-2H3,(H,24,26)/t17-/m0/s1. The van der Waals surface area contributed by atoms with E-state index in [1.165, 1.54) is 5.75 Å². The lowest BCUT2D eigenvalue weighted by molar-refractivity contribution is 0.0849. The molecule has 1 aliphatic rings. The number of piperidine rings is 1. The van der Waals surface area contributed by atoms with Crippen LogP contribution in [0.4, 0.5) is 0 Å². The molecule has 0 spiro atoms. The minimum absolute atomic E-state index is 0.102. The number of pyridine rings is 1. The zero-order valence-electron chi connectivity index (χ0n) is 16.6. The Labute approximate surface area is 171 Å². The second kappa shape index (κ2) is 10.5. The van der Waals surface area contributed by atoms with E-state index >= 15 is 0 Å². The zero-order chi connectivity index (χ0) is 19.8. The SMILES string of the molecule is CSC[C@H](C)N1CCC(Oc2cccc(C(=O)NCc3cccnc3)c2)CC1. The van der Waals surface area contributed by atoms with Crippen molar-refractivity contribution in [2.24, 2.45) is 0 Å². The Kier molecular flexibility index (Phi) is 7.74. The van der Waals surface area contributed by atoms with Crippen LogP contribution >= 0.6 is 11.8 Å². The molecule has 1 aromatic heterocycles. The molecule has 1 aliphatic heterocycles. The molecule has 2 heterocycles. The van der Waals surface area contributed by atoms with Crippen molar-refractivity contribution in [2.75, 3.05) is 25.1 Å². The van der Waals surface area contributed by atoms with Gasteiger partial charge in [-0.15, -0.1) is 0 Å². The van der Waals surface area contributed by atoms with Crippen LogP contribution in [0.1, 0.15) is 35.7 Å². The molecule has 150 valence electrons. The average Bonchev–Trinajstić information content (AvgIpc) is 2.73. The predicted octanol–water partition coefficient (Wildman–Crippen LogP) is 3.61. The van der Waals surface area contributed by atoms with Crippen molar-refractivity contribution >= 4 is 17.7 Å². The fraction of sp³-hybridized carbons (Fsp3) is 0.455. The highest BCUT2D eigenvalue weighted by Crippen LogP contribution is 2.22. The summed E-state index contributed by atoms with van der Waals surface area (Å²) in [6.07, 6.45) is 7.90. The molecule has 1 aromatic carbocycles. The highest BCUT2D eigenvalue weighted by atomic mass is 32.2. The number of amides is 1. The van der Waals surface area contributed by atoms with E-state index in [-0.39, 0.29) is 12.0 Å². The third kappa shape index (κ3) is 5.97. The number of rotatable bonds is 8. The number of carbonyl (C=O) groups excluding carboxylic acids is 1. The summed E-state index contributed by atoms with van der Waals surface area (Å²) in [6.45, 7) is 4.89. The number of hydrogen-bond acceptors (Lipinski definition) is 5. The molecular formula is C22H29N3O2S. The van der Waals surface area contributed by atoms with Crippen LogP contribution in [0.2, 0.25) is 0 Å². The van der Waals surface area contributed by atoms with Gasteiger partial charge >= 0.3 is 0 Å². The van der Waals surface area contributed by atoms with E-state index in [0.717, 1.165) is 37.2 Å². The lowest BCUT2D eigenvalue weighted by Gasteiger charge is -2.35. The van der Waals surface area contributed by atoms with Gasteiger partial charge in [-0.25, -0.2) is 0 Å². The number of hydrogen-bond donors (Lipinski definition) is 1. The van der Waals surface area contributed by atoms with Crippen LogP contribution in [-0.2, 0) is 6.54 Å². The van der Waals surface area contributed by atoms with Crippen molar-refractivity contribution < 1.29 is 9.53 Å². The first kappa shape index (κ1) is 20.7. The zero-order valence-corrected chi connectivity index (χ0v) is 17.5. The van der Waals surface area contributed by atoms with Crippen molar-refractivity contribution in [1.29, 1.82) is 0 Å². The summed E-state index contributed by atoms with van der Waals surface area (Å²) < 4.78 is 6.18. The summed E-state index contributed by atoms with van der Waals surface area (Å²) in [5.41, 5.74) is 1.60. The largest absolute Gasteiger partial charge is 0.490 e. The topological polar surface area (TPSA) is 54.5 Å². The Morgan fingerprint density at radius 2 is 2.14 bits per heavy atom. The molecule has 1 saturated heterocycles. The number of ether oxygens (including phenoxy) is 1. The van der Waals surface area contributed by atoms with E-state index < -0.39 is 0 Å². The number of aromatic nitrogens is 1. The summed E-state index contributed by atoms with van der Waals surface area (Å²) >= 11 is 1.90. The minimum atomic E-state index is -0.102. The summed E-state index contributed by atoms with van der Waals surface area (Å²) in [5.74, 6) is 1.83. The number of nitrogens with one attached hydrogen (secondary N) is 1. The lowest BCUT2D eigenvalue weighted by Crippen LogP contribution is -2.43. The molecule has 1 fully saturated rings. The predicted molar refractivity (Wildman–Crippen MR) is 115 cm³/mol. The molecule has 0 unspecified atom stereocenters. The highest BCUT2D eigenvalue weighted by Gasteiger charge is 2.23. The van der Waals surface area contributed by atoms with Crippen molar-refractivity contribution in [3.05, 3.63) is 59.9 Å². The van der Waals surface area contributed by atoms with Gasteiger partial charge < -0.3 is 10.1 Å². The normalized spacial score (nSPS) is 16.5. The van der Waals surface area contributed by atoms with E-state index in [1.54, 1.807) is 12.4 Å². The van der Waals surface area contributed by atoms with Crippen LogP contribution < -0.4 is 10.1 Å². The van der Waals surface area contributed by atoms with Gasteiger partial charge in [-0.1, -0.05) is 12.1 Å². The van der Waals surface area contributed by atoms with E-state index in [1.807, 2.05) is 48.2 Å². The summed E-state index contributed by atoms with van der Waals surface area (Å²) in [4.78, 5) is 19.1. The number of nitrogens with zero attached hydrogens (tertiary/aromatic N) is 2. The van der Waals surface area contributed by atoms with Crippen LogP contribution in [0, 0.1) is 0 Å². The third-order valence-electron chi connectivity index (χ3n) is 5.08. The first-order valence-electron chi connectivity index (χ1n) is 9.82.